The molecule has 96 valence electrons. The molecule has 1 amide bonds. The summed E-state index contributed by atoms with van der Waals surface area (Å²) in [5.74, 6) is 1.75. The third kappa shape index (κ3) is 2.99. The van der Waals surface area contributed by atoms with Crippen LogP contribution in [0.3, 0.4) is 0 Å². The zero-order chi connectivity index (χ0) is 13.0. The monoisotopic (exact) mass is 298 g/mol. The van der Waals surface area contributed by atoms with E-state index in [0.717, 1.165) is 21.7 Å². The number of amides is 1. The number of hydrogen-bond donors (Lipinski definition) is 0. The Labute approximate surface area is 119 Å². The van der Waals surface area contributed by atoms with Crippen LogP contribution >= 0.6 is 35.2 Å². The van der Waals surface area contributed by atoms with Crippen molar-refractivity contribution < 1.29 is 4.79 Å². The van der Waals surface area contributed by atoms with E-state index in [2.05, 4.69) is 4.98 Å². The normalized spacial score (nSPS) is 10.8. The molecule has 0 aliphatic carbocycles. The minimum absolute atomic E-state index is 0.00472. The Morgan fingerprint density at radius 1 is 1.28 bits per heavy atom. The van der Waals surface area contributed by atoms with E-state index in [9.17, 15) is 4.79 Å². The summed E-state index contributed by atoms with van der Waals surface area (Å²) in [6, 6.07) is 7.84. The summed E-state index contributed by atoms with van der Waals surface area (Å²) in [7, 11) is 0. The smallest absolute Gasteiger partial charge is 0.264 e. The summed E-state index contributed by atoms with van der Waals surface area (Å²) in [5, 5.41) is 0.568. The third-order valence-electron chi connectivity index (χ3n) is 2.14. The molecule has 0 bridgehead atoms. The number of benzene rings is 1. The van der Waals surface area contributed by atoms with Crippen molar-refractivity contribution in [3.8, 4) is 0 Å². The number of aromatic nitrogens is 1. The highest BCUT2D eigenvalue weighted by molar-refractivity contribution is 8.12. The summed E-state index contributed by atoms with van der Waals surface area (Å²) >= 11 is 4.51. The van der Waals surface area contributed by atoms with Crippen LogP contribution in [0, 0.1) is 0 Å². The lowest BCUT2D eigenvalue weighted by Crippen LogP contribution is -2.17. The van der Waals surface area contributed by atoms with Gasteiger partial charge in [0.2, 0.25) is 0 Å². The number of carbonyl (C=O) groups is 1. The van der Waals surface area contributed by atoms with Crippen LogP contribution in [-0.4, -0.2) is 26.1 Å². The van der Waals surface area contributed by atoms with Crippen LogP contribution in [0.4, 0.5) is 0 Å². The molecule has 0 saturated heterocycles. The zero-order valence-electron chi connectivity index (χ0n) is 10.3. The number of para-hydroxylation sites is 1. The van der Waals surface area contributed by atoms with Crippen molar-refractivity contribution in [2.75, 3.05) is 11.5 Å². The molecule has 0 saturated carbocycles. The van der Waals surface area contributed by atoms with Gasteiger partial charge in [0.1, 0.15) is 0 Å². The van der Waals surface area contributed by atoms with Crippen molar-refractivity contribution in [1.29, 1.82) is 0 Å². The lowest BCUT2D eigenvalue weighted by Gasteiger charge is -2.16. The number of thiazole rings is 1. The molecule has 0 aliphatic heterocycles. The molecule has 0 fully saturated rings. The highest BCUT2D eigenvalue weighted by Gasteiger charge is 2.20. The second-order valence-electron chi connectivity index (χ2n) is 3.38. The van der Waals surface area contributed by atoms with Crippen LogP contribution < -0.4 is 0 Å². The molecule has 0 N–H and O–H groups in total. The predicted octanol–water partition coefficient (Wildman–Crippen LogP) is 4.07. The van der Waals surface area contributed by atoms with Crippen LogP contribution in [0.2, 0.25) is 0 Å². The van der Waals surface area contributed by atoms with Crippen molar-refractivity contribution in [3.63, 3.8) is 0 Å². The SMILES string of the molecule is CCSN(SCC)C(=O)c1nc2ccccc2s1. The highest BCUT2D eigenvalue weighted by Crippen LogP contribution is 2.28. The van der Waals surface area contributed by atoms with Gasteiger partial charge in [-0.2, -0.15) is 0 Å². The Kier molecular flexibility index (Phi) is 4.91. The molecule has 0 spiro atoms. The number of fused-ring (bicyclic) bond motifs is 1. The summed E-state index contributed by atoms with van der Waals surface area (Å²) in [4.78, 5) is 16.7. The minimum Gasteiger partial charge on any atom is -0.264 e. The molecule has 1 aromatic carbocycles. The highest BCUT2D eigenvalue weighted by atomic mass is 32.2. The maximum absolute atomic E-state index is 12.3. The van der Waals surface area contributed by atoms with Crippen molar-refractivity contribution in [2.45, 2.75) is 13.8 Å². The molecule has 2 aromatic rings. The van der Waals surface area contributed by atoms with Crippen LogP contribution in [-0.2, 0) is 0 Å². The Hall–Kier alpha value is -0.720. The molecule has 0 atom stereocenters. The van der Waals surface area contributed by atoms with E-state index < -0.39 is 0 Å². The van der Waals surface area contributed by atoms with E-state index in [4.69, 9.17) is 0 Å². The van der Waals surface area contributed by atoms with Crippen LogP contribution in [0.25, 0.3) is 10.2 Å². The first-order valence-electron chi connectivity index (χ1n) is 5.72. The van der Waals surface area contributed by atoms with Gasteiger partial charge in [-0.1, -0.05) is 26.0 Å². The van der Waals surface area contributed by atoms with Crippen molar-refractivity contribution in [2.24, 2.45) is 0 Å². The van der Waals surface area contributed by atoms with Gasteiger partial charge in [0.25, 0.3) is 0 Å². The van der Waals surface area contributed by atoms with E-state index in [1.807, 2.05) is 38.1 Å². The van der Waals surface area contributed by atoms with Crippen LogP contribution in [0.1, 0.15) is 23.6 Å². The fraction of sp³-hybridized carbons (Fsp3) is 0.333. The fourth-order valence-corrected chi connectivity index (χ4v) is 4.25. The average Bonchev–Trinajstić information content (AvgIpc) is 2.81. The second kappa shape index (κ2) is 6.45. The first-order chi connectivity index (χ1) is 8.76. The summed E-state index contributed by atoms with van der Waals surface area (Å²) in [6.07, 6.45) is 0. The Balaban J connectivity index is 2.25. The standard InChI is InChI=1S/C12H14N2OS3/c1-3-16-14(17-4-2)12(15)11-13-9-7-5-6-8-10(9)18-11/h5-8H,3-4H2,1-2H3. The molecule has 2 rings (SSSR count). The maximum Gasteiger partial charge on any atom is 0.302 e. The first-order valence-corrected chi connectivity index (χ1v) is 8.42. The number of rotatable bonds is 5. The Morgan fingerprint density at radius 3 is 2.56 bits per heavy atom. The van der Waals surface area contributed by atoms with Gasteiger partial charge in [0, 0.05) is 11.5 Å². The lowest BCUT2D eigenvalue weighted by atomic mass is 10.3. The van der Waals surface area contributed by atoms with E-state index in [1.165, 1.54) is 35.2 Å². The summed E-state index contributed by atoms with van der Waals surface area (Å²) in [6.45, 7) is 4.08. The molecule has 6 heteroatoms. The molecular weight excluding hydrogens is 284 g/mol. The van der Waals surface area contributed by atoms with Gasteiger partial charge < -0.3 is 0 Å². The molecule has 3 nitrogen and oxygen atoms in total. The minimum atomic E-state index is -0.00472. The van der Waals surface area contributed by atoms with Crippen LogP contribution in [0.5, 0.6) is 0 Å². The van der Waals surface area contributed by atoms with Crippen LogP contribution in [0.15, 0.2) is 24.3 Å². The first kappa shape index (κ1) is 13.7. The predicted molar refractivity (Wildman–Crippen MR) is 82.1 cm³/mol. The topological polar surface area (TPSA) is 33.2 Å². The molecular formula is C12H14N2OS3. The van der Waals surface area contributed by atoms with Gasteiger partial charge in [0.05, 0.1) is 10.2 Å². The quantitative estimate of drug-likeness (QED) is 0.779. The van der Waals surface area contributed by atoms with E-state index >= 15 is 0 Å². The fourth-order valence-electron chi connectivity index (χ4n) is 1.43. The van der Waals surface area contributed by atoms with Crippen molar-refractivity contribution in [3.05, 3.63) is 29.3 Å². The van der Waals surface area contributed by atoms with Gasteiger partial charge in [-0.3, -0.25) is 4.79 Å². The van der Waals surface area contributed by atoms with E-state index in [1.54, 1.807) is 3.71 Å². The molecule has 0 aliphatic rings. The van der Waals surface area contributed by atoms with Gasteiger partial charge in [-0.25, -0.2) is 8.69 Å². The third-order valence-corrected chi connectivity index (χ3v) is 5.11. The molecule has 18 heavy (non-hydrogen) atoms. The molecule has 1 aromatic heterocycles. The van der Waals surface area contributed by atoms with Gasteiger partial charge >= 0.3 is 5.91 Å². The second-order valence-corrected chi connectivity index (χ2v) is 7.05. The van der Waals surface area contributed by atoms with E-state index in [-0.39, 0.29) is 5.91 Å². The Bertz CT molecular complexity index is 502. The lowest BCUT2D eigenvalue weighted by molar-refractivity contribution is 0.0934. The summed E-state index contributed by atoms with van der Waals surface area (Å²) < 4.78 is 2.79. The van der Waals surface area contributed by atoms with Crippen molar-refractivity contribution in [1.82, 2.24) is 8.69 Å². The summed E-state index contributed by atoms with van der Waals surface area (Å²) in [5.41, 5.74) is 0.897. The average molecular weight is 298 g/mol. The maximum atomic E-state index is 12.3. The number of nitrogens with zero attached hydrogens (tertiary/aromatic N) is 2. The number of hydrogen-bond acceptors (Lipinski definition) is 5. The van der Waals surface area contributed by atoms with Gasteiger partial charge in [-0.15, -0.1) is 11.3 Å². The van der Waals surface area contributed by atoms with Gasteiger partial charge in [0.15, 0.2) is 5.01 Å². The number of carbonyl (C=O) groups excluding carboxylic acids is 1. The van der Waals surface area contributed by atoms with Gasteiger partial charge in [-0.05, 0) is 36.0 Å². The molecule has 0 unspecified atom stereocenters. The molecule has 1 heterocycles. The van der Waals surface area contributed by atoms with Crippen molar-refractivity contribution >= 4 is 51.4 Å². The zero-order valence-corrected chi connectivity index (χ0v) is 12.7. The largest absolute Gasteiger partial charge is 0.302 e. The van der Waals surface area contributed by atoms with E-state index in [0.29, 0.717) is 5.01 Å². The molecule has 0 radical (unpaired) electrons. The Morgan fingerprint density at radius 2 is 1.94 bits per heavy atom.